The Morgan fingerprint density at radius 1 is 1.40 bits per heavy atom. The monoisotopic (exact) mass is 208 g/mol. The standard InChI is InChI=1S/C12H16O3/c1-2-3-9-15-12(14)11(13)10-7-5-4-6-8-10/h4-8,11,13H,2-3,9H2,1H3/t11-/m0/s1. The molecule has 0 heterocycles. The summed E-state index contributed by atoms with van der Waals surface area (Å²) >= 11 is 0. The molecule has 0 radical (unpaired) electrons. The van der Waals surface area contributed by atoms with Crippen LogP contribution in [0.25, 0.3) is 0 Å². The Balaban J connectivity index is 2.46. The smallest absolute Gasteiger partial charge is 0.339 e. The van der Waals surface area contributed by atoms with E-state index in [0.29, 0.717) is 12.2 Å². The summed E-state index contributed by atoms with van der Waals surface area (Å²) in [5, 5.41) is 9.61. The molecule has 1 atom stereocenters. The Hall–Kier alpha value is -1.35. The van der Waals surface area contributed by atoms with E-state index in [-0.39, 0.29) is 0 Å². The Morgan fingerprint density at radius 3 is 2.67 bits per heavy atom. The largest absolute Gasteiger partial charge is 0.464 e. The van der Waals surface area contributed by atoms with Crippen molar-refractivity contribution in [2.45, 2.75) is 25.9 Å². The Bertz CT molecular complexity index is 295. The highest BCUT2D eigenvalue weighted by atomic mass is 16.5. The summed E-state index contributed by atoms with van der Waals surface area (Å²) in [6.07, 6.45) is 0.630. The van der Waals surface area contributed by atoms with Crippen LogP contribution in [0.5, 0.6) is 0 Å². The number of benzene rings is 1. The summed E-state index contributed by atoms with van der Waals surface area (Å²) < 4.78 is 4.91. The lowest BCUT2D eigenvalue weighted by Gasteiger charge is -2.10. The topological polar surface area (TPSA) is 46.5 Å². The van der Waals surface area contributed by atoms with Gasteiger partial charge >= 0.3 is 5.97 Å². The van der Waals surface area contributed by atoms with Crippen LogP contribution >= 0.6 is 0 Å². The highest BCUT2D eigenvalue weighted by Gasteiger charge is 2.17. The fourth-order valence-electron chi connectivity index (χ4n) is 1.17. The SMILES string of the molecule is CCCCOC(=O)[C@@H](O)c1ccccc1. The molecule has 1 aromatic rings. The molecule has 0 saturated heterocycles. The van der Waals surface area contributed by atoms with E-state index in [2.05, 4.69) is 0 Å². The molecule has 82 valence electrons. The zero-order chi connectivity index (χ0) is 11.1. The average molecular weight is 208 g/mol. The van der Waals surface area contributed by atoms with Crippen molar-refractivity contribution in [1.82, 2.24) is 0 Å². The predicted octanol–water partition coefficient (Wildman–Crippen LogP) is 2.06. The Morgan fingerprint density at radius 2 is 2.07 bits per heavy atom. The molecule has 0 spiro atoms. The fraction of sp³-hybridized carbons (Fsp3) is 0.417. The van der Waals surface area contributed by atoms with Crippen LogP contribution in [0.4, 0.5) is 0 Å². The van der Waals surface area contributed by atoms with Crippen molar-refractivity contribution in [3.8, 4) is 0 Å². The van der Waals surface area contributed by atoms with Gasteiger partial charge < -0.3 is 9.84 Å². The van der Waals surface area contributed by atoms with E-state index in [9.17, 15) is 9.90 Å². The van der Waals surface area contributed by atoms with Gasteiger partial charge in [0, 0.05) is 0 Å². The number of ether oxygens (including phenoxy) is 1. The molecule has 0 saturated carbocycles. The molecule has 1 aromatic carbocycles. The average Bonchev–Trinajstić information content (AvgIpc) is 2.29. The summed E-state index contributed by atoms with van der Waals surface area (Å²) in [7, 11) is 0. The van der Waals surface area contributed by atoms with Gasteiger partial charge in [-0.25, -0.2) is 4.79 Å². The van der Waals surface area contributed by atoms with Crippen LogP contribution in [-0.2, 0) is 9.53 Å². The van der Waals surface area contributed by atoms with E-state index in [1.165, 1.54) is 0 Å². The van der Waals surface area contributed by atoms with E-state index >= 15 is 0 Å². The zero-order valence-corrected chi connectivity index (χ0v) is 8.85. The third kappa shape index (κ3) is 3.72. The Labute approximate surface area is 89.7 Å². The van der Waals surface area contributed by atoms with Crippen LogP contribution < -0.4 is 0 Å². The molecule has 1 N–H and O–H groups in total. The molecule has 0 amide bonds. The minimum absolute atomic E-state index is 0.374. The maximum atomic E-state index is 11.3. The molecule has 0 aliphatic rings. The maximum absolute atomic E-state index is 11.3. The van der Waals surface area contributed by atoms with E-state index in [1.807, 2.05) is 13.0 Å². The highest BCUT2D eigenvalue weighted by molar-refractivity contribution is 5.76. The van der Waals surface area contributed by atoms with Gasteiger partial charge in [-0.1, -0.05) is 43.7 Å². The van der Waals surface area contributed by atoms with Crippen molar-refractivity contribution in [2.24, 2.45) is 0 Å². The summed E-state index contributed by atoms with van der Waals surface area (Å²) in [4.78, 5) is 11.3. The molecule has 0 fully saturated rings. The van der Waals surface area contributed by atoms with Crippen LogP contribution in [0.1, 0.15) is 31.4 Å². The second-order valence-corrected chi connectivity index (χ2v) is 3.33. The number of unbranched alkanes of at least 4 members (excludes halogenated alkanes) is 1. The minimum atomic E-state index is -1.16. The maximum Gasteiger partial charge on any atom is 0.339 e. The van der Waals surface area contributed by atoms with Crippen LogP contribution in [0.15, 0.2) is 30.3 Å². The molecule has 0 unspecified atom stereocenters. The van der Waals surface area contributed by atoms with Crippen molar-refractivity contribution >= 4 is 5.97 Å². The molecule has 3 heteroatoms. The fourth-order valence-corrected chi connectivity index (χ4v) is 1.17. The normalized spacial score (nSPS) is 12.1. The zero-order valence-electron chi connectivity index (χ0n) is 8.85. The molecule has 3 nitrogen and oxygen atoms in total. The number of esters is 1. The van der Waals surface area contributed by atoms with Gasteiger partial charge in [-0.3, -0.25) is 0 Å². The number of aliphatic hydroxyl groups excluding tert-OH is 1. The van der Waals surface area contributed by atoms with Crippen LogP contribution in [0.2, 0.25) is 0 Å². The first-order valence-corrected chi connectivity index (χ1v) is 5.15. The van der Waals surface area contributed by atoms with Crippen LogP contribution in [-0.4, -0.2) is 17.7 Å². The van der Waals surface area contributed by atoms with Crippen molar-refractivity contribution in [2.75, 3.05) is 6.61 Å². The first kappa shape index (κ1) is 11.7. The molecule has 1 rings (SSSR count). The van der Waals surface area contributed by atoms with Gasteiger partial charge in [-0.2, -0.15) is 0 Å². The number of carbonyl (C=O) groups excluding carboxylic acids is 1. The number of hydrogen-bond donors (Lipinski definition) is 1. The molecule has 0 bridgehead atoms. The van der Waals surface area contributed by atoms with E-state index in [0.717, 1.165) is 12.8 Å². The van der Waals surface area contributed by atoms with Gasteiger partial charge in [0.15, 0.2) is 6.10 Å². The first-order valence-electron chi connectivity index (χ1n) is 5.15. The second-order valence-electron chi connectivity index (χ2n) is 3.33. The number of carbonyl (C=O) groups is 1. The number of aliphatic hydroxyl groups is 1. The van der Waals surface area contributed by atoms with Gasteiger partial charge in [-0.15, -0.1) is 0 Å². The van der Waals surface area contributed by atoms with Gasteiger partial charge in [0.1, 0.15) is 0 Å². The van der Waals surface area contributed by atoms with Gasteiger partial charge in [-0.05, 0) is 12.0 Å². The number of rotatable bonds is 5. The van der Waals surface area contributed by atoms with Gasteiger partial charge in [0.25, 0.3) is 0 Å². The van der Waals surface area contributed by atoms with E-state index < -0.39 is 12.1 Å². The molecule has 15 heavy (non-hydrogen) atoms. The number of hydrogen-bond acceptors (Lipinski definition) is 3. The molecule has 0 aromatic heterocycles. The second kappa shape index (κ2) is 6.19. The summed E-state index contributed by atoms with van der Waals surface area (Å²) in [5.74, 6) is -0.574. The summed E-state index contributed by atoms with van der Waals surface area (Å²) in [6.45, 7) is 2.39. The predicted molar refractivity (Wildman–Crippen MR) is 57.3 cm³/mol. The summed E-state index contributed by atoms with van der Waals surface area (Å²) in [6, 6.07) is 8.78. The Kier molecular flexibility index (Phi) is 4.84. The summed E-state index contributed by atoms with van der Waals surface area (Å²) in [5.41, 5.74) is 0.569. The van der Waals surface area contributed by atoms with Crippen molar-refractivity contribution in [3.05, 3.63) is 35.9 Å². The minimum Gasteiger partial charge on any atom is -0.464 e. The third-order valence-corrected chi connectivity index (χ3v) is 2.08. The molecular weight excluding hydrogens is 192 g/mol. The molecule has 0 aliphatic carbocycles. The van der Waals surface area contributed by atoms with Gasteiger partial charge in [0.05, 0.1) is 6.61 Å². The lowest BCUT2D eigenvalue weighted by Crippen LogP contribution is -2.16. The van der Waals surface area contributed by atoms with Crippen LogP contribution in [0.3, 0.4) is 0 Å². The lowest BCUT2D eigenvalue weighted by atomic mass is 10.1. The van der Waals surface area contributed by atoms with Crippen molar-refractivity contribution in [3.63, 3.8) is 0 Å². The van der Waals surface area contributed by atoms with E-state index in [4.69, 9.17) is 4.74 Å². The van der Waals surface area contributed by atoms with Gasteiger partial charge in [0.2, 0.25) is 0 Å². The van der Waals surface area contributed by atoms with Crippen LogP contribution in [0, 0.1) is 0 Å². The van der Waals surface area contributed by atoms with Crippen molar-refractivity contribution in [1.29, 1.82) is 0 Å². The highest BCUT2D eigenvalue weighted by Crippen LogP contribution is 2.13. The molecular formula is C12H16O3. The molecule has 0 aliphatic heterocycles. The van der Waals surface area contributed by atoms with Crippen molar-refractivity contribution < 1.29 is 14.6 Å². The van der Waals surface area contributed by atoms with E-state index in [1.54, 1.807) is 24.3 Å². The quantitative estimate of drug-likeness (QED) is 0.595. The third-order valence-electron chi connectivity index (χ3n) is 2.08. The lowest BCUT2D eigenvalue weighted by molar-refractivity contribution is -0.154. The first-order chi connectivity index (χ1) is 7.25.